The number of aromatic nitrogens is 1. The molecule has 0 fully saturated rings. The van der Waals surface area contributed by atoms with Crippen molar-refractivity contribution in [2.75, 3.05) is 5.32 Å². The van der Waals surface area contributed by atoms with E-state index < -0.39 is 0 Å². The van der Waals surface area contributed by atoms with E-state index in [1.54, 1.807) is 6.07 Å². The number of nitrogens with one attached hydrogen (secondary N) is 1. The molecular formula is C17H13BrN2O2. The molecule has 0 aliphatic rings. The lowest BCUT2D eigenvalue weighted by atomic mass is 10.1. The van der Waals surface area contributed by atoms with Crippen LogP contribution in [-0.4, -0.2) is 11.1 Å². The van der Waals surface area contributed by atoms with Crippen molar-refractivity contribution in [3.8, 4) is 11.3 Å². The SMILES string of the molecule is Cc1ccc(NC(=O)c2cc(-c3ccc(Br)cc3)on2)cc1. The fourth-order valence-corrected chi connectivity index (χ4v) is 2.23. The molecule has 5 heteroatoms. The topological polar surface area (TPSA) is 55.1 Å². The molecule has 1 amide bonds. The second kappa shape index (κ2) is 6.15. The number of amides is 1. The molecule has 3 aromatic rings. The Hall–Kier alpha value is -2.40. The maximum Gasteiger partial charge on any atom is 0.277 e. The molecule has 0 atom stereocenters. The van der Waals surface area contributed by atoms with Crippen LogP contribution in [0, 0.1) is 6.92 Å². The number of rotatable bonds is 3. The van der Waals surface area contributed by atoms with Crippen molar-refractivity contribution in [1.82, 2.24) is 5.16 Å². The fraction of sp³-hybridized carbons (Fsp3) is 0.0588. The Morgan fingerprint density at radius 2 is 1.77 bits per heavy atom. The number of hydrogen-bond donors (Lipinski definition) is 1. The molecule has 0 radical (unpaired) electrons. The molecule has 0 bridgehead atoms. The van der Waals surface area contributed by atoms with E-state index >= 15 is 0 Å². The average molecular weight is 357 g/mol. The van der Waals surface area contributed by atoms with Gasteiger partial charge in [-0.2, -0.15) is 0 Å². The van der Waals surface area contributed by atoms with Crippen LogP contribution >= 0.6 is 15.9 Å². The molecule has 3 rings (SSSR count). The first kappa shape index (κ1) is 14.5. The van der Waals surface area contributed by atoms with Crippen molar-refractivity contribution >= 4 is 27.5 Å². The minimum absolute atomic E-state index is 0.249. The Morgan fingerprint density at radius 1 is 1.09 bits per heavy atom. The predicted octanol–water partition coefficient (Wildman–Crippen LogP) is 4.66. The summed E-state index contributed by atoms with van der Waals surface area (Å²) in [5, 5.41) is 6.62. The first-order valence-corrected chi connectivity index (χ1v) is 7.52. The van der Waals surface area contributed by atoms with E-state index in [1.807, 2.05) is 55.5 Å². The maximum atomic E-state index is 12.2. The Kier molecular flexibility index (Phi) is 4.06. The van der Waals surface area contributed by atoms with Crippen molar-refractivity contribution in [2.24, 2.45) is 0 Å². The Labute approximate surface area is 136 Å². The fourth-order valence-electron chi connectivity index (χ4n) is 1.96. The van der Waals surface area contributed by atoms with Gasteiger partial charge in [-0.3, -0.25) is 4.79 Å². The summed E-state index contributed by atoms with van der Waals surface area (Å²) in [5.41, 5.74) is 2.98. The molecule has 0 aliphatic heterocycles. The van der Waals surface area contributed by atoms with Crippen molar-refractivity contribution in [1.29, 1.82) is 0 Å². The summed E-state index contributed by atoms with van der Waals surface area (Å²) in [6.07, 6.45) is 0. The predicted molar refractivity (Wildman–Crippen MR) is 88.8 cm³/mol. The van der Waals surface area contributed by atoms with E-state index in [9.17, 15) is 4.79 Å². The van der Waals surface area contributed by atoms with Crippen LogP contribution in [0.1, 0.15) is 16.1 Å². The number of hydrogen-bond acceptors (Lipinski definition) is 3. The van der Waals surface area contributed by atoms with Crippen LogP contribution in [0.15, 0.2) is 63.6 Å². The van der Waals surface area contributed by atoms with Crippen molar-refractivity contribution < 1.29 is 9.32 Å². The number of anilines is 1. The van der Waals surface area contributed by atoms with E-state index in [4.69, 9.17) is 4.52 Å². The van der Waals surface area contributed by atoms with Crippen molar-refractivity contribution in [3.05, 3.63) is 70.3 Å². The number of aryl methyl sites for hydroxylation is 1. The smallest absolute Gasteiger partial charge is 0.277 e. The van der Waals surface area contributed by atoms with Gasteiger partial charge in [0, 0.05) is 21.8 Å². The lowest BCUT2D eigenvalue weighted by molar-refractivity contribution is 0.101. The molecule has 1 heterocycles. The molecule has 4 nitrogen and oxygen atoms in total. The zero-order valence-electron chi connectivity index (χ0n) is 11.8. The van der Waals surface area contributed by atoms with Gasteiger partial charge in [-0.25, -0.2) is 0 Å². The molecule has 2 aromatic carbocycles. The van der Waals surface area contributed by atoms with E-state index in [0.717, 1.165) is 21.3 Å². The first-order valence-electron chi connectivity index (χ1n) is 6.72. The number of nitrogens with zero attached hydrogens (tertiary/aromatic N) is 1. The monoisotopic (exact) mass is 356 g/mol. The highest BCUT2D eigenvalue weighted by Gasteiger charge is 2.13. The van der Waals surface area contributed by atoms with Gasteiger partial charge in [0.15, 0.2) is 11.5 Å². The Morgan fingerprint density at radius 3 is 2.45 bits per heavy atom. The maximum absolute atomic E-state index is 12.2. The zero-order chi connectivity index (χ0) is 15.5. The van der Waals surface area contributed by atoms with Crippen molar-refractivity contribution in [2.45, 2.75) is 6.92 Å². The second-order valence-electron chi connectivity index (χ2n) is 4.90. The van der Waals surface area contributed by atoms with Gasteiger partial charge in [-0.1, -0.05) is 50.9 Å². The van der Waals surface area contributed by atoms with Crippen LogP contribution in [0.2, 0.25) is 0 Å². The number of benzene rings is 2. The van der Waals surface area contributed by atoms with E-state index in [-0.39, 0.29) is 11.6 Å². The Balaban J connectivity index is 1.76. The van der Waals surface area contributed by atoms with Gasteiger partial charge in [0.25, 0.3) is 5.91 Å². The van der Waals surface area contributed by atoms with Gasteiger partial charge in [0.2, 0.25) is 0 Å². The molecule has 110 valence electrons. The third-order valence-electron chi connectivity index (χ3n) is 3.18. The number of halogens is 1. The second-order valence-corrected chi connectivity index (χ2v) is 5.82. The molecule has 0 saturated carbocycles. The van der Waals surface area contributed by atoms with Gasteiger partial charge in [0.1, 0.15) is 0 Å². The average Bonchev–Trinajstić information content (AvgIpc) is 3.00. The molecule has 0 saturated heterocycles. The third kappa shape index (κ3) is 3.26. The molecule has 1 aromatic heterocycles. The van der Waals surface area contributed by atoms with Crippen LogP contribution in [0.3, 0.4) is 0 Å². The van der Waals surface area contributed by atoms with Crippen LogP contribution < -0.4 is 5.32 Å². The minimum Gasteiger partial charge on any atom is -0.355 e. The van der Waals surface area contributed by atoms with Crippen LogP contribution in [-0.2, 0) is 0 Å². The largest absolute Gasteiger partial charge is 0.355 e. The van der Waals surface area contributed by atoms with Gasteiger partial charge < -0.3 is 9.84 Å². The van der Waals surface area contributed by atoms with Crippen LogP contribution in [0.5, 0.6) is 0 Å². The van der Waals surface area contributed by atoms with Gasteiger partial charge in [-0.05, 0) is 31.2 Å². The van der Waals surface area contributed by atoms with Gasteiger partial charge in [0.05, 0.1) is 0 Å². The molecule has 1 N–H and O–H groups in total. The summed E-state index contributed by atoms with van der Waals surface area (Å²) in [5.74, 6) is 0.262. The van der Waals surface area contributed by atoms with Crippen molar-refractivity contribution in [3.63, 3.8) is 0 Å². The van der Waals surface area contributed by atoms with E-state index in [1.165, 1.54) is 0 Å². The highest BCUT2D eigenvalue weighted by Crippen LogP contribution is 2.23. The summed E-state index contributed by atoms with van der Waals surface area (Å²) in [7, 11) is 0. The minimum atomic E-state index is -0.295. The summed E-state index contributed by atoms with van der Waals surface area (Å²) in [6, 6.07) is 16.8. The van der Waals surface area contributed by atoms with Gasteiger partial charge >= 0.3 is 0 Å². The first-order chi connectivity index (χ1) is 10.6. The van der Waals surface area contributed by atoms with Crippen LogP contribution in [0.4, 0.5) is 5.69 Å². The number of carbonyl (C=O) groups excluding carboxylic acids is 1. The summed E-state index contributed by atoms with van der Waals surface area (Å²) in [6.45, 7) is 1.99. The molecular weight excluding hydrogens is 344 g/mol. The molecule has 0 spiro atoms. The lowest BCUT2D eigenvalue weighted by Crippen LogP contribution is -2.11. The summed E-state index contributed by atoms with van der Waals surface area (Å²) < 4.78 is 6.22. The lowest BCUT2D eigenvalue weighted by Gasteiger charge is -2.02. The quantitative estimate of drug-likeness (QED) is 0.741. The zero-order valence-corrected chi connectivity index (χ0v) is 13.4. The highest BCUT2D eigenvalue weighted by atomic mass is 79.9. The van der Waals surface area contributed by atoms with E-state index in [0.29, 0.717) is 5.76 Å². The Bertz CT molecular complexity index is 792. The summed E-state index contributed by atoms with van der Waals surface area (Å²) >= 11 is 3.38. The molecule has 0 unspecified atom stereocenters. The normalized spacial score (nSPS) is 10.5. The molecule has 22 heavy (non-hydrogen) atoms. The third-order valence-corrected chi connectivity index (χ3v) is 3.71. The summed E-state index contributed by atoms with van der Waals surface area (Å²) in [4.78, 5) is 12.2. The van der Waals surface area contributed by atoms with Crippen LogP contribution in [0.25, 0.3) is 11.3 Å². The standard InChI is InChI=1S/C17H13BrN2O2/c1-11-2-8-14(9-3-11)19-17(21)15-10-16(22-20-15)12-4-6-13(18)7-5-12/h2-10H,1H3,(H,19,21). The van der Waals surface area contributed by atoms with E-state index in [2.05, 4.69) is 26.4 Å². The number of carbonyl (C=O) groups is 1. The molecule has 0 aliphatic carbocycles. The highest BCUT2D eigenvalue weighted by molar-refractivity contribution is 9.10. The van der Waals surface area contributed by atoms with Gasteiger partial charge in [-0.15, -0.1) is 0 Å².